The summed E-state index contributed by atoms with van der Waals surface area (Å²) in [4.78, 5) is 4.24. The average molecular weight is 260 g/mol. The van der Waals surface area contributed by atoms with Gasteiger partial charge in [-0.1, -0.05) is 6.07 Å². The van der Waals surface area contributed by atoms with Gasteiger partial charge in [0.25, 0.3) is 0 Å². The van der Waals surface area contributed by atoms with Crippen LogP contribution < -0.4 is 5.32 Å². The van der Waals surface area contributed by atoms with E-state index in [1.807, 2.05) is 6.07 Å². The number of pyridine rings is 1. The number of hydrogen-bond acceptors (Lipinski definition) is 3. The molecule has 1 heterocycles. The predicted molar refractivity (Wildman–Crippen MR) is 59.8 cm³/mol. The second kappa shape index (κ2) is 5.67. The molecule has 0 bridgehead atoms. The van der Waals surface area contributed by atoms with Gasteiger partial charge < -0.3 is 10.1 Å². The van der Waals surface area contributed by atoms with Gasteiger partial charge in [0.2, 0.25) is 0 Å². The van der Waals surface area contributed by atoms with Crippen LogP contribution in [-0.4, -0.2) is 23.8 Å². The van der Waals surface area contributed by atoms with Gasteiger partial charge in [0.05, 0.1) is 18.0 Å². The average Bonchev–Trinajstić information content (AvgIpc) is 3.09. The Balaban J connectivity index is 1.78. The van der Waals surface area contributed by atoms with Crippen molar-refractivity contribution in [1.29, 1.82) is 0 Å². The molecule has 0 aliphatic heterocycles. The molecule has 2 rings (SSSR count). The van der Waals surface area contributed by atoms with E-state index in [0.717, 1.165) is 5.69 Å². The minimum absolute atomic E-state index is 0.114. The molecule has 1 fully saturated rings. The second-order valence-electron chi connectivity index (χ2n) is 4.38. The van der Waals surface area contributed by atoms with Crippen molar-refractivity contribution >= 4 is 0 Å². The van der Waals surface area contributed by atoms with Gasteiger partial charge in [-0.05, 0) is 25.0 Å². The first-order valence-electron chi connectivity index (χ1n) is 5.85. The number of nitrogens with one attached hydrogen (secondary N) is 1. The summed E-state index contributed by atoms with van der Waals surface area (Å²) < 4.78 is 40.3. The third-order valence-corrected chi connectivity index (χ3v) is 2.53. The number of rotatable bonds is 6. The van der Waals surface area contributed by atoms with Gasteiger partial charge in [0.15, 0.2) is 0 Å². The monoisotopic (exact) mass is 260 g/mol. The smallest absolute Gasteiger partial charge is 0.366 e. The zero-order valence-corrected chi connectivity index (χ0v) is 9.83. The lowest BCUT2D eigenvalue weighted by atomic mass is 10.3. The minimum atomic E-state index is -4.29. The summed E-state index contributed by atoms with van der Waals surface area (Å²) in [6.07, 6.45) is -1.91. The summed E-state index contributed by atoms with van der Waals surface area (Å²) in [6, 6.07) is 5.87. The Hall–Kier alpha value is -1.14. The van der Waals surface area contributed by atoms with Crippen LogP contribution in [0.4, 0.5) is 13.2 Å². The maximum Gasteiger partial charge on any atom is 0.411 e. The molecule has 1 aliphatic rings. The first-order valence-corrected chi connectivity index (χ1v) is 5.85. The number of hydrogen-bond donors (Lipinski definition) is 1. The van der Waals surface area contributed by atoms with E-state index in [1.165, 1.54) is 12.8 Å². The van der Waals surface area contributed by atoms with E-state index < -0.39 is 12.8 Å². The number of aromatic nitrogens is 1. The van der Waals surface area contributed by atoms with Crippen LogP contribution in [0.2, 0.25) is 0 Å². The predicted octanol–water partition coefficient (Wildman–Crippen LogP) is 2.41. The number of alkyl halides is 3. The highest BCUT2D eigenvalue weighted by Gasteiger charge is 2.27. The Morgan fingerprint density at radius 3 is 2.67 bits per heavy atom. The standard InChI is InChI=1S/C12H15F3N2O/c13-12(14,15)8-18-7-11-3-1-2-10(17-11)6-16-9-4-5-9/h1-3,9,16H,4-8H2. The van der Waals surface area contributed by atoms with Crippen LogP contribution in [0.5, 0.6) is 0 Å². The normalized spacial score (nSPS) is 15.9. The highest BCUT2D eigenvalue weighted by Crippen LogP contribution is 2.19. The Morgan fingerprint density at radius 2 is 2.00 bits per heavy atom. The molecular weight excluding hydrogens is 245 g/mol. The molecule has 3 nitrogen and oxygen atoms in total. The van der Waals surface area contributed by atoms with E-state index in [1.54, 1.807) is 12.1 Å². The molecule has 1 aliphatic carbocycles. The maximum absolute atomic E-state index is 11.9. The largest absolute Gasteiger partial charge is 0.411 e. The quantitative estimate of drug-likeness (QED) is 0.853. The minimum Gasteiger partial charge on any atom is -0.366 e. The van der Waals surface area contributed by atoms with Gasteiger partial charge in [-0.3, -0.25) is 4.98 Å². The molecule has 0 radical (unpaired) electrons. The molecule has 18 heavy (non-hydrogen) atoms. The zero-order valence-electron chi connectivity index (χ0n) is 9.83. The van der Waals surface area contributed by atoms with Crippen molar-refractivity contribution in [2.75, 3.05) is 6.61 Å². The topological polar surface area (TPSA) is 34.1 Å². The van der Waals surface area contributed by atoms with Gasteiger partial charge in [-0.15, -0.1) is 0 Å². The molecule has 0 spiro atoms. The molecular formula is C12H15F3N2O. The van der Waals surface area contributed by atoms with E-state index in [-0.39, 0.29) is 6.61 Å². The van der Waals surface area contributed by atoms with Gasteiger partial charge in [0, 0.05) is 12.6 Å². The molecule has 1 aromatic heterocycles. The van der Waals surface area contributed by atoms with E-state index in [9.17, 15) is 13.2 Å². The first-order chi connectivity index (χ1) is 8.53. The van der Waals surface area contributed by atoms with E-state index >= 15 is 0 Å². The Morgan fingerprint density at radius 1 is 1.28 bits per heavy atom. The molecule has 1 aromatic rings. The summed E-state index contributed by atoms with van der Waals surface area (Å²) in [7, 11) is 0. The van der Waals surface area contributed by atoms with Crippen LogP contribution >= 0.6 is 0 Å². The summed E-state index contributed by atoms with van der Waals surface area (Å²) in [5.41, 5.74) is 1.35. The van der Waals surface area contributed by atoms with Crippen molar-refractivity contribution in [3.05, 3.63) is 29.6 Å². The molecule has 0 amide bonds. The highest BCUT2D eigenvalue weighted by molar-refractivity contribution is 5.10. The number of nitrogens with zero attached hydrogens (tertiary/aromatic N) is 1. The second-order valence-corrected chi connectivity index (χ2v) is 4.38. The number of halogens is 3. The third kappa shape index (κ3) is 5.01. The fourth-order valence-electron chi connectivity index (χ4n) is 1.52. The van der Waals surface area contributed by atoms with Crippen molar-refractivity contribution in [2.24, 2.45) is 0 Å². The van der Waals surface area contributed by atoms with Crippen molar-refractivity contribution < 1.29 is 17.9 Å². The van der Waals surface area contributed by atoms with Crippen LogP contribution in [0.3, 0.4) is 0 Å². The van der Waals surface area contributed by atoms with Crippen LogP contribution in [0.1, 0.15) is 24.2 Å². The molecule has 6 heteroatoms. The first kappa shape index (κ1) is 13.3. The van der Waals surface area contributed by atoms with E-state index in [2.05, 4.69) is 15.0 Å². The summed E-state index contributed by atoms with van der Waals surface area (Å²) >= 11 is 0. The van der Waals surface area contributed by atoms with Crippen molar-refractivity contribution in [2.45, 2.75) is 38.2 Å². The lowest BCUT2D eigenvalue weighted by Crippen LogP contribution is -2.18. The van der Waals surface area contributed by atoms with Crippen molar-refractivity contribution in [1.82, 2.24) is 10.3 Å². The Kier molecular flexibility index (Phi) is 4.19. The van der Waals surface area contributed by atoms with Crippen LogP contribution in [0.25, 0.3) is 0 Å². The summed E-state index contributed by atoms with van der Waals surface area (Å²) in [5, 5.41) is 3.30. The maximum atomic E-state index is 11.9. The van der Waals surface area contributed by atoms with Gasteiger partial charge in [-0.25, -0.2) is 0 Å². The lowest BCUT2D eigenvalue weighted by molar-refractivity contribution is -0.176. The summed E-state index contributed by atoms with van der Waals surface area (Å²) in [6.45, 7) is -0.701. The number of ether oxygens (including phenoxy) is 1. The molecule has 0 unspecified atom stereocenters. The van der Waals surface area contributed by atoms with E-state index in [4.69, 9.17) is 0 Å². The Bertz CT molecular complexity index is 391. The van der Waals surface area contributed by atoms with Crippen LogP contribution in [-0.2, 0) is 17.9 Å². The molecule has 1 saturated carbocycles. The van der Waals surface area contributed by atoms with Crippen LogP contribution in [0.15, 0.2) is 18.2 Å². The SMILES string of the molecule is FC(F)(F)COCc1cccc(CNC2CC2)n1. The molecule has 0 aromatic carbocycles. The van der Waals surface area contributed by atoms with E-state index in [0.29, 0.717) is 18.3 Å². The van der Waals surface area contributed by atoms with Gasteiger partial charge >= 0.3 is 6.18 Å². The van der Waals surface area contributed by atoms with Gasteiger partial charge in [-0.2, -0.15) is 13.2 Å². The fraction of sp³-hybridized carbons (Fsp3) is 0.583. The van der Waals surface area contributed by atoms with Crippen molar-refractivity contribution in [3.63, 3.8) is 0 Å². The third-order valence-electron chi connectivity index (χ3n) is 2.53. The lowest BCUT2D eigenvalue weighted by Gasteiger charge is -2.08. The highest BCUT2D eigenvalue weighted by atomic mass is 19.4. The zero-order chi connectivity index (χ0) is 13.0. The Labute approximate surface area is 103 Å². The molecule has 1 N–H and O–H groups in total. The van der Waals surface area contributed by atoms with Gasteiger partial charge in [0.1, 0.15) is 6.61 Å². The van der Waals surface area contributed by atoms with Crippen molar-refractivity contribution in [3.8, 4) is 0 Å². The molecule has 0 atom stereocenters. The van der Waals surface area contributed by atoms with Crippen LogP contribution in [0, 0.1) is 0 Å². The fourth-order valence-corrected chi connectivity index (χ4v) is 1.52. The molecule has 0 saturated heterocycles. The summed E-state index contributed by atoms with van der Waals surface area (Å²) in [5.74, 6) is 0. The molecule has 100 valence electrons.